The maximum atomic E-state index is 13.2. The van der Waals surface area contributed by atoms with E-state index in [-0.39, 0.29) is 13.2 Å². The van der Waals surface area contributed by atoms with Crippen LogP contribution in [0.15, 0.2) is 60.7 Å². The van der Waals surface area contributed by atoms with Gasteiger partial charge in [-0.3, -0.25) is 19.2 Å². The van der Waals surface area contributed by atoms with Gasteiger partial charge < -0.3 is 30.2 Å². The van der Waals surface area contributed by atoms with Crippen LogP contribution in [0, 0.1) is 0 Å². The van der Waals surface area contributed by atoms with Gasteiger partial charge in [-0.1, -0.05) is 48.5 Å². The highest BCUT2D eigenvalue weighted by atomic mass is 16.8. The van der Waals surface area contributed by atoms with Gasteiger partial charge in [-0.25, -0.2) is 4.79 Å². The lowest BCUT2D eigenvalue weighted by Gasteiger charge is -2.31. The molecule has 2 aliphatic heterocycles. The second kappa shape index (κ2) is 11.4. The molecule has 2 heterocycles. The van der Waals surface area contributed by atoms with Crippen molar-refractivity contribution in [3.63, 3.8) is 0 Å². The van der Waals surface area contributed by atoms with Crippen LogP contribution in [-0.4, -0.2) is 65.1 Å². The number of carbonyl (C=O) groups is 5. The zero-order chi connectivity index (χ0) is 27.3. The van der Waals surface area contributed by atoms with Crippen LogP contribution in [-0.2, 0) is 40.0 Å². The molecule has 4 atom stereocenters. The molecule has 3 amide bonds. The second-order valence-corrected chi connectivity index (χ2v) is 9.16. The number of nitrogens with one attached hydrogen (secondary N) is 1. The molecule has 0 aliphatic carbocycles. The number of ether oxygens (including phenoxy) is 3. The fraction of sp³-hybridized carbons (Fsp3) is 0.370. The Hall–Kier alpha value is -4.25. The first-order valence-corrected chi connectivity index (χ1v) is 12.3. The molecule has 11 nitrogen and oxygen atoms in total. The maximum absolute atomic E-state index is 13.2. The second-order valence-electron chi connectivity index (χ2n) is 9.16. The van der Waals surface area contributed by atoms with E-state index in [9.17, 15) is 24.0 Å². The van der Waals surface area contributed by atoms with Crippen molar-refractivity contribution in [2.45, 2.75) is 56.8 Å². The van der Waals surface area contributed by atoms with E-state index in [1.54, 1.807) is 60.7 Å². The van der Waals surface area contributed by atoms with Crippen molar-refractivity contribution in [1.29, 1.82) is 0 Å². The molecule has 0 spiro atoms. The quantitative estimate of drug-likeness (QED) is 0.463. The number of hydrogen-bond donors (Lipinski definition) is 2. The van der Waals surface area contributed by atoms with Gasteiger partial charge in [-0.15, -0.1) is 0 Å². The third-order valence-corrected chi connectivity index (χ3v) is 6.50. The van der Waals surface area contributed by atoms with E-state index < -0.39 is 60.1 Å². The highest BCUT2D eigenvalue weighted by Crippen LogP contribution is 2.33. The largest absolute Gasteiger partial charge is 0.453 e. The summed E-state index contributed by atoms with van der Waals surface area (Å²) in [5, 5.41) is 2.64. The first-order chi connectivity index (χ1) is 18.2. The summed E-state index contributed by atoms with van der Waals surface area (Å²) in [6.45, 7) is 1.68. The number of amides is 3. The van der Waals surface area contributed by atoms with Crippen molar-refractivity contribution in [2.75, 3.05) is 6.54 Å². The Bertz CT molecular complexity index is 1210. The summed E-state index contributed by atoms with van der Waals surface area (Å²) < 4.78 is 16.4. The van der Waals surface area contributed by atoms with Gasteiger partial charge in [0.2, 0.25) is 5.91 Å². The molecule has 4 unspecified atom stereocenters. The van der Waals surface area contributed by atoms with Gasteiger partial charge in [0.25, 0.3) is 11.8 Å². The highest BCUT2D eigenvalue weighted by Gasteiger charge is 2.59. The average molecular weight is 524 g/mol. The smallest absolute Gasteiger partial charge is 0.331 e. The maximum Gasteiger partial charge on any atom is 0.331 e. The van der Waals surface area contributed by atoms with Gasteiger partial charge in [-0.05, 0) is 37.5 Å². The topological polar surface area (TPSA) is 154 Å². The Kier molecular flexibility index (Phi) is 8.06. The number of rotatable bonds is 9. The summed E-state index contributed by atoms with van der Waals surface area (Å²) in [4.78, 5) is 64.7. The number of benzene rings is 2. The lowest BCUT2D eigenvalue weighted by atomic mass is 10.1. The molecule has 2 aliphatic rings. The number of esters is 2. The third-order valence-electron chi connectivity index (χ3n) is 6.50. The summed E-state index contributed by atoms with van der Waals surface area (Å²) in [6, 6.07) is 15.4. The molecule has 11 heteroatoms. The van der Waals surface area contributed by atoms with Crippen LogP contribution in [0.25, 0.3) is 0 Å². The van der Waals surface area contributed by atoms with E-state index in [2.05, 4.69) is 5.32 Å². The Balaban J connectivity index is 1.43. The standard InChI is InChI=1S/C27H29N3O8/c1-17(29-23(32)19-11-6-3-7-12-19)24(33)30-14-8-13-20(30)25(34)37-21-15-22(31)38-27(21,26(28)35)36-16-18-9-4-2-5-10-18/h2-7,9-12,17,20-21H,8,13-16H2,1H3,(H2,28,35)(H,29,32). The van der Waals surface area contributed by atoms with Crippen LogP contribution in [0.5, 0.6) is 0 Å². The molecule has 0 bridgehead atoms. The van der Waals surface area contributed by atoms with Crippen molar-refractivity contribution in [3.8, 4) is 0 Å². The molecule has 4 rings (SSSR count). The summed E-state index contributed by atoms with van der Waals surface area (Å²) >= 11 is 0. The van der Waals surface area contributed by atoms with Crippen LogP contribution in [0.3, 0.4) is 0 Å². The minimum atomic E-state index is -2.30. The van der Waals surface area contributed by atoms with Gasteiger partial charge >= 0.3 is 17.7 Å². The lowest BCUT2D eigenvalue weighted by Crippen LogP contribution is -2.56. The summed E-state index contributed by atoms with van der Waals surface area (Å²) in [7, 11) is 0. The number of cyclic esters (lactones) is 1. The van der Waals surface area contributed by atoms with Gasteiger partial charge in [0, 0.05) is 12.1 Å². The van der Waals surface area contributed by atoms with Gasteiger partial charge in [0.1, 0.15) is 12.1 Å². The normalized spacial score (nSPS) is 23.4. The first-order valence-electron chi connectivity index (χ1n) is 12.3. The van der Waals surface area contributed by atoms with E-state index >= 15 is 0 Å². The molecule has 2 aromatic rings. The molecule has 2 saturated heterocycles. The number of hydrogen-bond acceptors (Lipinski definition) is 8. The molecular weight excluding hydrogens is 494 g/mol. The SMILES string of the molecule is CC(NC(=O)c1ccccc1)C(=O)N1CCCC1C(=O)OC1CC(=O)OC1(OCc1ccccc1)C(N)=O. The molecule has 0 saturated carbocycles. The number of carbonyl (C=O) groups excluding carboxylic acids is 5. The molecular formula is C27H29N3O8. The van der Waals surface area contributed by atoms with E-state index in [1.807, 2.05) is 0 Å². The number of nitrogens with zero attached hydrogens (tertiary/aromatic N) is 1. The van der Waals surface area contributed by atoms with Crippen molar-refractivity contribution in [1.82, 2.24) is 10.2 Å². The summed E-state index contributed by atoms with van der Waals surface area (Å²) in [5.41, 5.74) is 6.63. The average Bonchev–Trinajstić information content (AvgIpc) is 3.53. The lowest BCUT2D eigenvalue weighted by molar-refractivity contribution is -0.243. The predicted molar refractivity (Wildman–Crippen MR) is 132 cm³/mol. The zero-order valence-electron chi connectivity index (χ0n) is 20.8. The summed E-state index contributed by atoms with van der Waals surface area (Å²) in [5.74, 6) is -5.94. The summed E-state index contributed by atoms with van der Waals surface area (Å²) in [6.07, 6.45) is -1.04. The Morgan fingerprint density at radius 2 is 1.76 bits per heavy atom. The fourth-order valence-electron chi connectivity index (χ4n) is 4.52. The molecule has 2 fully saturated rings. The Morgan fingerprint density at radius 3 is 2.42 bits per heavy atom. The van der Waals surface area contributed by atoms with E-state index in [4.69, 9.17) is 19.9 Å². The molecule has 0 radical (unpaired) electrons. The Morgan fingerprint density at radius 1 is 1.11 bits per heavy atom. The molecule has 3 N–H and O–H groups in total. The third kappa shape index (κ3) is 5.67. The van der Waals surface area contributed by atoms with Gasteiger partial charge in [0.15, 0.2) is 6.10 Å². The highest BCUT2D eigenvalue weighted by molar-refractivity contribution is 5.98. The fourth-order valence-corrected chi connectivity index (χ4v) is 4.52. The van der Waals surface area contributed by atoms with Gasteiger partial charge in [-0.2, -0.15) is 0 Å². The van der Waals surface area contributed by atoms with Crippen molar-refractivity contribution >= 4 is 29.7 Å². The van der Waals surface area contributed by atoms with Crippen molar-refractivity contribution in [2.24, 2.45) is 5.73 Å². The predicted octanol–water partition coefficient (Wildman–Crippen LogP) is 1.05. The van der Waals surface area contributed by atoms with Crippen LogP contribution >= 0.6 is 0 Å². The number of nitrogens with two attached hydrogens (primary N) is 1. The van der Waals surface area contributed by atoms with Crippen LogP contribution in [0.2, 0.25) is 0 Å². The molecule has 200 valence electrons. The first kappa shape index (κ1) is 26.8. The van der Waals surface area contributed by atoms with Crippen LogP contribution < -0.4 is 11.1 Å². The molecule has 2 aromatic carbocycles. The van der Waals surface area contributed by atoms with E-state index in [1.165, 1.54) is 11.8 Å². The Labute approximate surface area is 219 Å². The van der Waals surface area contributed by atoms with Crippen LogP contribution in [0.4, 0.5) is 0 Å². The van der Waals surface area contributed by atoms with Crippen molar-refractivity contribution < 1.29 is 38.2 Å². The monoisotopic (exact) mass is 523 g/mol. The number of primary amides is 1. The molecule has 38 heavy (non-hydrogen) atoms. The van der Waals surface area contributed by atoms with E-state index in [0.29, 0.717) is 24.0 Å². The minimum Gasteiger partial charge on any atom is -0.453 e. The van der Waals surface area contributed by atoms with Crippen molar-refractivity contribution in [3.05, 3.63) is 71.8 Å². The van der Waals surface area contributed by atoms with Crippen LogP contribution in [0.1, 0.15) is 42.1 Å². The van der Waals surface area contributed by atoms with E-state index in [0.717, 1.165) is 0 Å². The molecule has 0 aromatic heterocycles. The minimum absolute atomic E-state index is 0.127. The zero-order valence-corrected chi connectivity index (χ0v) is 20.8. The number of likely N-dealkylation sites (tertiary alicyclic amines) is 1. The van der Waals surface area contributed by atoms with Gasteiger partial charge in [0.05, 0.1) is 13.0 Å².